The predicted molar refractivity (Wildman–Crippen MR) is 282 cm³/mol. The zero-order valence-corrected chi connectivity index (χ0v) is 46.5. The molecule has 0 saturated carbocycles. The fourth-order valence-corrected chi connectivity index (χ4v) is 13.7. The molecular weight excluding hydrogens is 967 g/mol. The molecule has 0 fully saturated rings. The molecule has 0 N–H and O–H groups in total. The van der Waals surface area contributed by atoms with E-state index < -0.39 is 43.9 Å². The molecule has 0 aromatic heterocycles. The number of benzene rings is 4. The van der Waals surface area contributed by atoms with Gasteiger partial charge < -0.3 is 0 Å². The molecule has 8 nitrogen and oxygen atoms in total. The summed E-state index contributed by atoms with van der Waals surface area (Å²) in [6.07, 6.45) is 20.1. The molecule has 0 spiro atoms. The maximum atomic E-state index is 15.2. The Hall–Kier alpha value is -4.44. The van der Waals surface area contributed by atoms with Crippen LogP contribution in [0.25, 0.3) is 0 Å². The second kappa shape index (κ2) is 31.0. The summed E-state index contributed by atoms with van der Waals surface area (Å²) in [7, 11) is 0. The van der Waals surface area contributed by atoms with Crippen LogP contribution < -0.4 is 0 Å². The molecule has 0 unspecified atom stereocenters. The molecule has 0 aliphatic carbocycles. The minimum absolute atomic E-state index is 0.280. The molecule has 0 atom stereocenters. The summed E-state index contributed by atoms with van der Waals surface area (Å²) in [6.45, 7) is 17.0. The minimum atomic E-state index is -6.73. The van der Waals surface area contributed by atoms with Crippen molar-refractivity contribution in [2.75, 3.05) is 0 Å². The van der Waals surface area contributed by atoms with Crippen molar-refractivity contribution in [3.63, 3.8) is 0 Å². The van der Waals surface area contributed by atoms with Crippen molar-refractivity contribution >= 4 is 43.9 Å². The van der Waals surface area contributed by atoms with Crippen LogP contribution in [0.4, 0.5) is 0 Å². The van der Waals surface area contributed by atoms with Gasteiger partial charge in [0, 0.05) is 0 Å². The Morgan fingerprint density at radius 1 is 0.304 bits per heavy atom. The first-order valence-corrected chi connectivity index (χ1v) is 31.6. The molecular formula is C60H84O8Sn. The monoisotopic (exact) mass is 1050 g/mol. The number of unbranched alkanes of at least 4 members (excludes halogenated alkanes) is 8. The van der Waals surface area contributed by atoms with Crippen LogP contribution in [-0.4, -0.2) is 43.9 Å². The third-order valence-electron chi connectivity index (χ3n) is 13.2. The van der Waals surface area contributed by atoms with E-state index in [0.717, 1.165) is 173 Å². The fourth-order valence-electron chi connectivity index (χ4n) is 9.10. The first-order valence-electron chi connectivity index (χ1n) is 26.9. The van der Waals surface area contributed by atoms with Crippen LogP contribution in [0.2, 0.25) is 0 Å². The maximum absolute atomic E-state index is 15.2. The van der Waals surface area contributed by atoms with Gasteiger partial charge >= 0.3 is 424 Å². The van der Waals surface area contributed by atoms with E-state index >= 15 is 19.2 Å². The van der Waals surface area contributed by atoms with Crippen LogP contribution in [0, 0.1) is 0 Å². The van der Waals surface area contributed by atoms with Crippen molar-refractivity contribution in [3.8, 4) is 0 Å². The molecule has 4 rings (SSSR count). The topological polar surface area (TPSA) is 105 Å². The quantitative estimate of drug-likeness (QED) is 0.0445. The summed E-state index contributed by atoms with van der Waals surface area (Å²) in [4.78, 5) is 60.9. The Kier molecular flexibility index (Phi) is 25.7. The first kappa shape index (κ1) is 57.1. The summed E-state index contributed by atoms with van der Waals surface area (Å²) in [5.74, 6) is -3.40. The zero-order valence-electron chi connectivity index (χ0n) is 43.7. The average molecular weight is 1050 g/mol. The molecule has 0 radical (unpaired) electrons. The molecule has 0 amide bonds. The molecule has 0 bridgehead atoms. The Balaban J connectivity index is 2.06. The fraction of sp³-hybridized carbons (Fsp3) is 0.533. The van der Waals surface area contributed by atoms with Gasteiger partial charge in [-0.15, -0.1) is 0 Å². The average Bonchev–Trinajstić information content (AvgIpc) is 3.35. The van der Waals surface area contributed by atoms with Gasteiger partial charge in [0.1, 0.15) is 0 Å². The predicted octanol–water partition coefficient (Wildman–Crippen LogP) is 15.6. The summed E-state index contributed by atoms with van der Waals surface area (Å²) in [5, 5.41) is 0. The molecule has 9 heteroatoms. The summed E-state index contributed by atoms with van der Waals surface area (Å²) < 4.78 is 26.3. The van der Waals surface area contributed by atoms with Crippen LogP contribution >= 0.6 is 0 Å². The Morgan fingerprint density at radius 3 is 0.681 bits per heavy atom. The van der Waals surface area contributed by atoms with Gasteiger partial charge in [0.2, 0.25) is 0 Å². The van der Waals surface area contributed by atoms with E-state index in [2.05, 4.69) is 55.4 Å². The number of hydrogen-bond donors (Lipinski definition) is 0. The third-order valence-corrected chi connectivity index (χ3v) is 18.1. The molecule has 4 aromatic carbocycles. The molecule has 0 heterocycles. The number of aryl methyl sites for hydroxylation is 4. The van der Waals surface area contributed by atoms with Crippen molar-refractivity contribution < 1.29 is 31.5 Å². The van der Waals surface area contributed by atoms with Crippen LogP contribution in [0.3, 0.4) is 0 Å². The van der Waals surface area contributed by atoms with E-state index in [4.69, 9.17) is 12.3 Å². The van der Waals surface area contributed by atoms with E-state index in [9.17, 15) is 0 Å². The van der Waals surface area contributed by atoms with Crippen LogP contribution in [-0.2, 0) is 63.7 Å². The van der Waals surface area contributed by atoms with E-state index in [1.807, 2.05) is 48.5 Å². The number of carbonyl (C=O) groups is 4. The van der Waals surface area contributed by atoms with E-state index in [0.29, 0.717) is 25.7 Å². The first-order chi connectivity index (χ1) is 33.5. The van der Waals surface area contributed by atoms with Gasteiger partial charge in [0.05, 0.1) is 0 Å². The van der Waals surface area contributed by atoms with Gasteiger partial charge in [-0.1, -0.05) is 0 Å². The van der Waals surface area contributed by atoms with Crippen molar-refractivity contribution in [2.45, 2.75) is 209 Å². The number of rotatable bonds is 32. The zero-order chi connectivity index (χ0) is 50.0. The Bertz CT molecular complexity index is 1930. The van der Waals surface area contributed by atoms with Gasteiger partial charge in [-0.25, -0.2) is 0 Å². The Labute approximate surface area is 422 Å². The van der Waals surface area contributed by atoms with Crippen molar-refractivity contribution in [3.05, 3.63) is 140 Å². The molecule has 0 aliphatic rings. The van der Waals surface area contributed by atoms with Gasteiger partial charge in [0.25, 0.3) is 0 Å². The second-order valence-corrected chi connectivity index (χ2v) is 23.8. The molecule has 376 valence electrons. The molecule has 0 aliphatic heterocycles. The summed E-state index contributed by atoms with van der Waals surface area (Å²) >= 11 is -6.73. The van der Waals surface area contributed by atoms with Crippen molar-refractivity contribution in [1.29, 1.82) is 0 Å². The normalized spacial score (nSPS) is 11.4. The van der Waals surface area contributed by atoms with Crippen LogP contribution in [0.5, 0.6) is 0 Å². The van der Waals surface area contributed by atoms with E-state index in [1.54, 1.807) is 24.3 Å². The van der Waals surface area contributed by atoms with Gasteiger partial charge in [0.15, 0.2) is 0 Å². The number of carbonyl (C=O) groups excluding carboxylic acids is 4. The molecule has 4 aromatic rings. The van der Waals surface area contributed by atoms with Crippen LogP contribution in [0.1, 0.15) is 244 Å². The second-order valence-electron chi connectivity index (χ2n) is 18.7. The van der Waals surface area contributed by atoms with Crippen molar-refractivity contribution in [1.82, 2.24) is 0 Å². The Morgan fingerprint density at radius 2 is 0.493 bits per heavy atom. The third kappa shape index (κ3) is 16.8. The van der Waals surface area contributed by atoms with E-state index in [1.165, 1.54) is 0 Å². The number of hydrogen-bond acceptors (Lipinski definition) is 8. The van der Waals surface area contributed by atoms with Crippen molar-refractivity contribution in [2.24, 2.45) is 0 Å². The SMILES string of the molecule is CCCCc1cccc(C(=O)[O][Sn]([O]C(=O)c2cccc(CCCC)c2CCCC)([O]C(=O)c2cccc(CCCC)c2CCCC)[O]C(=O)c2cccc(CCCC)c2CCCC)c1CCCC. The standard InChI is InChI=1S/4C15H22O2.Sn/c4*1-3-5-8-12-9-7-11-14(15(16)17)13(12)10-6-4-2;/h4*7,9,11H,3-6,8,10H2,1-2H3,(H,16,17);/q;;;;+4/p-4. The summed E-state index contributed by atoms with van der Waals surface area (Å²) in [6, 6.07) is 22.4. The van der Waals surface area contributed by atoms with Gasteiger partial charge in [-0.2, -0.15) is 0 Å². The molecule has 0 saturated heterocycles. The van der Waals surface area contributed by atoms with Crippen LogP contribution in [0.15, 0.2) is 72.8 Å². The summed E-state index contributed by atoms with van der Waals surface area (Å²) in [5.41, 5.74) is 8.59. The molecule has 69 heavy (non-hydrogen) atoms. The van der Waals surface area contributed by atoms with Gasteiger partial charge in [-0.05, 0) is 0 Å². The van der Waals surface area contributed by atoms with Gasteiger partial charge in [-0.3, -0.25) is 0 Å². The van der Waals surface area contributed by atoms with E-state index in [-0.39, 0.29) is 22.3 Å².